The summed E-state index contributed by atoms with van der Waals surface area (Å²) in [5, 5.41) is 3.98. The van der Waals surface area contributed by atoms with Crippen LogP contribution in [0.4, 0.5) is 0 Å². The van der Waals surface area contributed by atoms with Gasteiger partial charge in [0.15, 0.2) is 5.82 Å². The highest BCUT2D eigenvalue weighted by atomic mass is 32.2. The van der Waals surface area contributed by atoms with Gasteiger partial charge in [-0.1, -0.05) is 5.16 Å². The van der Waals surface area contributed by atoms with Gasteiger partial charge in [-0.25, -0.2) is 0 Å². The van der Waals surface area contributed by atoms with E-state index in [-0.39, 0.29) is 30.3 Å². The quantitative estimate of drug-likeness (QED) is 0.722. The van der Waals surface area contributed by atoms with E-state index in [4.69, 9.17) is 4.52 Å². The SMILES string of the molecule is CSCc1noc(CN2C[C@@H]3CC[C@H](C2)N(CC(=O)N(C)C)C3=O)n1. The number of likely N-dealkylation sites (N-methyl/N-ethyl adjacent to an activating group) is 1. The number of nitrogens with zero attached hydrogens (tertiary/aromatic N) is 5. The molecular weight excluding hydrogens is 342 g/mol. The predicted octanol–water partition coefficient (Wildman–Crippen LogP) is 0.444. The lowest BCUT2D eigenvalue weighted by Crippen LogP contribution is -2.51. The summed E-state index contributed by atoms with van der Waals surface area (Å²) in [6.45, 7) is 2.14. The summed E-state index contributed by atoms with van der Waals surface area (Å²) in [6, 6.07) is 0.0729. The zero-order valence-corrected chi connectivity index (χ0v) is 15.8. The van der Waals surface area contributed by atoms with Crippen molar-refractivity contribution in [2.45, 2.75) is 31.2 Å². The van der Waals surface area contributed by atoms with Crippen LogP contribution in [0.3, 0.4) is 0 Å². The average Bonchev–Trinajstić information content (AvgIpc) is 2.84. The third-order valence-corrected chi connectivity index (χ3v) is 5.36. The molecule has 25 heavy (non-hydrogen) atoms. The molecular formula is C16H25N5O3S. The van der Waals surface area contributed by atoms with Crippen LogP contribution in [0.5, 0.6) is 0 Å². The molecule has 1 aromatic rings. The van der Waals surface area contributed by atoms with Crippen LogP contribution in [0.25, 0.3) is 0 Å². The van der Waals surface area contributed by atoms with Gasteiger partial charge in [-0.3, -0.25) is 14.5 Å². The Morgan fingerprint density at radius 2 is 2.16 bits per heavy atom. The van der Waals surface area contributed by atoms with E-state index in [1.165, 1.54) is 4.90 Å². The van der Waals surface area contributed by atoms with E-state index < -0.39 is 0 Å². The summed E-state index contributed by atoms with van der Waals surface area (Å²) in [7, 11) is 3.44. The largest absolute Gasteiger partial charge is 0.347 e. The topological polar surface area (TPSA) is 82.8 Å². The molecule has 0 N–H and O–H groups in total. The van der Waals surface area contributed by atoms with Crippen LogP contribution in [0.15, 0.2) is 4.52 Å². The van der Waals surface area contributed by atoms with E-state index in [0.29, 0.717) is 24.8 Å². The summed E-state index contributed by atoms with van der Waals surface area (Å²) < 4.78 is 5.33. The van der Waals surface area contributed by atoms with Crippen LogP contribution in [-0.2, 0) is 21.9 Å². The van der Waals surface area contributed by atoms with Gasteiger partial charge in [0.2, 0.25) is 17.7 Å². The van der Waals surface area contributed by atoms with Crippen molar-refractivity contribution in [3.05, 3.63) is 11.7 Å². The normalized spacial score (nSPS) is 23.8. The third-order valence-electron chi connectivity index (χ3n) is 4.82. The van der Waals surface area contributed by atoms with Gasteiger partial charge in [-0.2, -0.15) is 16.7 Å². The molecule has 138 valence electrons. The monoisotopic (exact) mass is 367 g/mol. The molecule has 3 aliphatic rings. The molecule has 1 aromatic heterocycles. The molecule has 3 saturated heterocycles. The minimum Gasteiger partial charge on any atom is -0.347 e. The molecule has 9 heteroatoms. The van der Waals surface area contributed by atoms with E-state index in [0.717, 1.165) is 25.1 Å². The summed E-state index contributed by atoms with van der Waals surface area (Å²) in [6.07, 6.45) is 3.82. The Morgan fingerprint density at radius 3 is 2.88 bits per heavy atom. The number of aromatic nitrogens is 2. The summed E-state index contributed by atoms with van der Waals surface area (Å²) in [5.41, 5.74) is 0. The van der Waals surface area contributed by atoms with E-state index in [2.05, 4.69) is 15.0 Å². The molecule has 0 unspecified atom stereocenters. The molecule has 0 spiro atoms. The maximum absolute atomic E-state index is 12.7. The summed E-state index contributed by atoms with van der Waals surface area (Å²) >= 11 is 1.65. The molecule has 2 bridgehead atoms. The number of piperidine rings is 1. The summed E-state index contributed by atoms with van der Waals surface area (Å²) in [5.74, 6) is 2.03. The molecule has 0 radical (unpaired) electrons. The fourth-order valence-electron chi connectivity index (χ4n) is 3.49. The fraction of sp³-hybridized carbons (Fsp3) is 0.750. The fourth-order valence-corrected chi connectivity index (χ4v) is 3.86. The molecule has 4 heterocycles. The molecule has 0 aliphatic carbocycles. The number of carbonyl (C=O) groups is 2. The number of hydrogen-bond donors (Lipinski definition) is 0. The zero-order valence-electron chi connectivity index (χ0n) is 15.0. The molecule has 2 atom stereocenters. The van der Waals surface area contributed by atoms with Gasteiger partial charge < -0.3 is 14.3 Å². The molecule has 3 aliphatic heterocycles. The Labute approximate surface area is 151 Å². The number of amides is 2. The van der Waals surface area contributed by atoms with Gasteiger partial charge in [0.1, 0.15) is 6.54 Å². The van der Waals surface area contributed by atoms with Crippen molar-refractivity contribution in [3.63, 3.8) is 0 Å². The first-order chi connectivity index (χ1) is 12.0. The van der Waals surface area contributed by atoms with Gasteiger partial charge in [0.25, 0.3) is 0 Å². The highest BCUT2D eigenvalue weighted by molar-refractivity contribution is 7.97. The second kappa shape index (κ2) is 7.74. The van der Waals surface area contributed by atoms with Gasteiger partial charge in [-0.15, -0.1) is 0 Å². The van der Waals surface area contributed by atoms with Gasteiger partial charge in [-0.05, 0) is 19.1 Å². The Kier molecular flexibility index (Phi) is 5.63. The Balaban J connectivity index is 1.67. The average molecular weight is 367 g/mol. The summed E-state index contributed by atoms with van der Waals surface area (Å²) in [4.78, 5) is 34.7. The minimum atomic E-state index is -0.0534. The number of carbonyl (C=O) groups excluding carboxylic acids is 2. The number of hydrogen-bond acceptors (Lipinski definition) is 7. The number of fused-ring (bicyclic) bond motifs is 4. The third kappa shape index (κ3) is 4.14. The molecule has 4 rings (SSSR count). The first-order valence-corrected chi connectivity index (χ1v) is 9.90. The van der Waals surface area contributed by atoms with Crippen molar-refractivity contribution in [2.75, 3.05) is 40.0 Å². The molecule has 0 saturated carbocycles. The van der Waals surface area contributed by atoms with Gasteiger partial charge >= 0.3 is 0 Å². The Bertz CT molecular complexity index is 635. The molecule has 0 aromatic carbocycles. The van der Waals surface area contributed by atoms with Gasteiger partial charge in [0.05, 0.1) is 18.2 Å². The lowest BCUT2D eigenvalue weighted by Gasteiger charge is -2.36. The lowest BCUT2D eigenvalue weighted by atomic mass is 9.94. The first-order valence-electron chi connectivity index (χ1n) is 8.51. The maximum Gasteiger partial charge on any atom is 0.241 e. The van der Waals surface area contributed by atoms with Crippen molar-refractivity contribution in [2.24, 2.45) is 5.92 Å². The maximum atomic E-state index is 12.7. The Hall–Kier alpha value is -1.61. The van der Waals surface area contributed by atoms with Gasteiger partial charge in [0, 0.05) is 33.2 Å². The van der Waals surface area contributed by atoms with Crippen LogP contribution >= 0.6 is 11.8 Å². The smallest absolute Gasteiger partial charge is 0.241 e. The zero-order chi connectivity index (χ0) is 18.0. The molecule has 2 amide bonds. The van der Waals surface area contributed by atoms with Crippen LogP contribution < -0.4 is 0 Å². The van der Waals surface area contributed by atoms with Crippen LogP contribution in [0, 0.1) is 5.92 Å². The standard InChI is InChI=1S/C16H25N5O3S/c1-19(2)15(22)9-21-12-5-4-11(16(21)23)6-20(7-12)8-14-17-13(10-25-3)18-24-14/h11-12H,4-10H2,1-3H3/t11-,12+/m0/s1. The van der Waals surface area contributed by atoms with Crippen molar-refractivity contribution in [3.8, 4) is 0 Å². The first kappa shape index (κ1) is 18.2. The van der Waals surface area contributed by atoms with Crippen LogP contribution in [0.1, 0.15) is 24.6 Å². The van der Waals surface area contributed by atoms with E-state index in [1.54, 1.807) is 30.8 Å². The minimum absolute atomic E-state index is 0.0361. The predicted molar refractivity (Wildman–Crippen MR) is 93.7 cm³/mol. The van der Waals surface area contributed by atoms with E-state index in [1.807, 2.05) is 6.26 Å². The molecule has 8 nitrogen and oxygen atoms in total. The highest BCUT2D eigenvalue weighted by Crippen LogP contribution is 2.29. The van der Waals surface area contributed by atoms with Crippen LogP contribution in [0.2, 0.25) is 0 Å². The van der Waals surface area contributed by atoms with Crippen molar-refractivity contribution in [1.82, 2.24) is 24.8 Å². The second-order valence-electron chi connectivity index (χ2n) is 6.91. The van der Waals surface area contributed by atoms with Crippen molar-refractivity contribution >= 4 is 23.6 Å². The second-order valence-corrected chi connectivity index (χ2v) is 7.78. The number of rotatable bonds is 6. The van der Waals surface area contributed by atoms with Crippen LogP contribution in [-0.4, -0.2) is 82.7 Å². The van der Waals surface area contributed by atoms with E-state index >= 15 is 0 Å². The Morgan fingerprint density at radius 1 is 1.36 bits per heavy atom. The lowest BCUT2D eigenvalue weighted by molar-refractivity contribution is -0.145. The van der Waals surface area contributed by atoms with E-state index in [9.17, 15) is 9.59 Å². The van der Waals surface area contributed by atoms with Crippen molar-refractivity contribution < 1.29 is 14.1 Å². The van der Waals surface area contributed by atoms with Crippen molar-refractivity contribution in [1.29, 1.82) is 0 Å². The highest BCUT2D eigenvalue weighted by Gasteiger charge is 2.41. The molecule has 3 fully saturated rings. The number of thioether (sulfide) groups is 1.